The smallest absolute Gasteiger partial charge is 0.0247 e. The van der Waals surface area contributed by atoms with Crippen molar-refractivity contribution < 1.29 is 0 Å². The van der Waals surface area contributed by atoms with Crippen LogP contribution in [0.15, 0.2) is 22.7 Å². The number of nitrogens with one attached hydrogen (secondary N) is 1. The molecule has 2 nitrogen and oxygen atoms in total. The average Bonchev–Trinajstić information content (AvgIpc) is 2.86. The van der Waals surface area contributed by atoms with Crippen molar-refractivity contribution in [1.29, 1.82) is 0 Å². The molecule has 1 unspecified atom stereocenters. The molecule has 0 spiro atoms. The van der Waals surface area contributed by atoms with E-state index in [-0.39, 0.29) is 0 Å². The SMILES string of the molecule is CCC1CCCN1Cc1ccc(CNC(C)C)cc1Br. The zero-order valence-corrected chi connectivity index (χ0v) is 14.5. The summed E-state index contributed by atoms with van der Waals surface area (Å²) < 4.78 is 1.25. The summed E-state index contributed by atoms with van der Waals surface area (Å²) in [6, 6.07) is 8.12. The Morgan fingerprint density at radius 1 is 1.40 bits per heavy atom. The summed E-state index contributed by atoms with van der Waals surface area (Å²) in [6.07, 6.45) is 3.99. The van der Waals surface area contributed by atoms with Crippen molar-refractivity contribution in [2.75, 3.05) is 6.54 Å². The van der Waals surface area contributed by atoms with Gasteiger partial charge in [-0.3, -0.25) is 4.90 Å². The fourth-order valence-corrected chi connectivity index (χ4v) is 3.49. The molecule has 0 bridgehead atoms. The van der Waals surface area contributed by atoms with Crippen LogP contribution in [0.2, 0.25) is 0 Å². The number of hydrogen-bond donors (Lipinski definition) is 1. The summed E-state index contributed by atoms with van der Waals surface area (Å²) in [5.41, 5.74) is 2.77. The Bertz CT molecular complexity index is 431. The minimum atomic E-state index is 0.531. The van der Waals surface area contributed by atoms with Crippen molar-refractivity contribution in [3.8, 4) is 0 Å². The van der Waals surface area contributed by atoms with Crippen molar-refractivity contribution >= 4 is 15.9 Å². The lowest BCUT2D eigenvalue weighted by Crippen LogP contribution is -2.28. The summed E-state index contributed by atoms with van der Waals surface area (Å²) in [5.74, 6) is 0. The number of rotatable bonds is 6. The number of halogens is 1. The summed E-state index contributed by atoms with van der Waals surface area (Å²) in [4.78, 5) is 2.63. The van der Waals surface area contributed by atoms with Crippen molar-refractivity contribution in [3.63, 3.8) is 0 Å². The molecule has 3 heteroatoms. The predicted octanol–water partition coefficient (Wildman–Crippen LogP) is 4.32. The quantitative estimate of drug-likeness (QED) is 0.830. The van der Waals surface area contributed by atoms with Crippen LogP contribution in [-0.4, -0.2) is 23.5 Å². The molecule has 112 valence electrons. The molecule has 20 heavy (non-hydrogen) atoms. The third-order valence-corrected chi connectivity index (χ3v) is 4.91. The van der Waals surface area contributed by atoms with E-state index in [9.17, 15) is 0 Å². The molecule has 1 aromatic rings. The van der Waals surface area contributed by atoms with Crippen LogP contribution in [0.3, 0.4) is 0 Å². The van der Waals surface area contributed by atoms with E-state index in [0.717, 1.165) is 19.1 Å². The van der Waals surface area contributed by atoms with Crippen LogP contribution in [0.25, 0.3) is 0 Å². The minimum Gasteiger partial charge on any atom is -0.310 e. The first-order valence-electron chi connectivity index (χ1n) is 7.85. The maximum atomic E-state index is 3.75. The molecule has 1 N–H and O–H groups in total. The van der Waals surface area contributed by atoms with Crippen molar-refractivity contribution in [2.45, 2.75) is 65.2 Å². The maximum absolute atomic E-state index is 3.75. The Hall–Kier alpha value is -0.380. The highest BCUT2D eigenvalue weighted by Gasteiger charge is 2.23. The fraction of sp³-hybridized carbons (Fsp3) is 0.647. The molecule has 0 radical (unpaired) electrons. The Balaban J connectivity index is 1.98. The van der Waals surface area contributed by atoms with Crippen molar-refractivity contribution in [2.24, 2.45) is 0 Å². The Morgan fingerprint density at radius 2 is 2.20 bits per heavy atom. The number of likely N-dealkylation sites (tertiary alicyclic amines) is 1. The van der Waals surface area contributed by atoms with Crippen LogP contribution in [-0.2, 0) is 13.1 Å². The van der Waals surface area contributed by atoms with Gasteiger partial charge in [0.1, 0.15) is 0 Å². The maximum Gasteiger partial charge on any atom is 0.0247 e. The van der Waals surface area contributed by atoms with Gasteiger partial charge in [-0.15, -0.1) is 0 Å². The van der Waals surface area contributed by atoms with E-state index in [1.54, 1.807) is 0 Å². The molecule has 0 saturated carbocycles. The molecule has 1 fully saturated rings. The van der Waals surface area contributed by atoms with E-state index in [4.69, 9.17) is 0 Å². The lowest BCUT2D eigenvalue weighted by atomic mass is 10.1. The van der Waals surface area contributed by atoms with Gasteiger partial charge in [-0.2, -0.15) is 0 Å². The molecule has 2 rings (SSSR count). The van der Waals surface area contributed by atoms with Crippen molar-refractivity contribution in [3.05, 3.63) is 33.8 Å². The Kier molecular flexibility index (Phi) is 6.06. The van der Waals surface area contributed by atoms with E-state index in [0.29, 0.717) is 6.04 Å². The van der Waals surface area contributed by atoms with Gasteiger partial charge < -0.3 is 5.32 Å². The third-order valence-electron chi connectivity index (χ3n) is 4.18. The predicted molar refractivity (Wildman–Crippen MR) is 89.8 cm³/mol. The van der Waals surface area contributed by atoms with E-state index in [1.807, 2.05) is 0 Å². The zero-order valence-electron chi connectivity index (χ0n) is 13.0. The van der Waals surface area contributed by atoms with E-state index < -0.39 is 0 Å². The largest absolute Gasteiger partial charge is 0.310 e. The number of hydrogen-bond acceptors (Lipinski definition) is 2. The van der Waals surface area contributed by atoms with E-state index >= 15 is 0 Å². The highest BCUT2D eigenvalue weighted by atomic mass is 79.9. The van der Waals surface area contributed by atoms with Crippen LogP contribution >= 0.6 is 15.9 Å². The van der Waals surface area contributed by atoms with Gasteiger partial charge in [-0.05, 0) is 43.0 Å². The summed E-state index contributed by atoms with van der Waals surface area (Å²) in [7, 11) is 0. The minimum absolute atomic E-state index is 0.531. The fourth-order valence-electron chi connectivity index (χ4n) is 2.94. The standard InChI is InChI=1S/C17H27BrN2/c1-4-16-6-5-9-20(16)12-15-8-7-14(10-17(15)18)11-19-13(2)3/h7-8,10,13,16,19H,4-6,9,11-12H2,1-3H3. The second-order valence-electron chi connectivity index (χ2n) is 6.14. The summed E-state index contributed by atoms with van der Waals surface area (Å²) in [6.45, 7) is 9.94. The molecule has 1 atom stereocenters. The van der Waals surface area contributed by atoms with E-state index in [1.165, 1.54) is 41.4 Å². The monoisotopic (exact) mass is 338 g/mol. The molecule has 0 aliphatic carbocycles. The molecule has 1 aliphatic rings. The van der Waals surface area contributed by atoms with Crippen LogP contribution in [0.4, 0.5) is 0 Å². The van der Waals surface area contributed by atoms with Gasteiger partial charge in [0.15, 0.2) is 0 Å². The van der Waals surface area contributed by atoms with Crippen LogP contribution in [0, 0.1) is 0 Å². The topological polar surface area (TPSA) is 15.3 Å². The van der Waals surface area contributed by atoms with Gasteiger partial charge in [0.25, 0.3) is 0 Å². The van der Waals surface area contributed by atoms with Crippen molar-refractivity contribution in [1.82, 2.24) is 10.2 Å². The molecule has 1 aromatic carbocycles. The van der Waals surface area contributed by atoms with Gasteiger partial charge in [0, 0.05) is 29.6 Å². The molecule has 1 aliphatic heterocycles. The molecule has 1 saturated heterocycles. The van der Waals surface area contributed by atoms with E-state index in [2.05, 4.69) is 65.1 Å². The first-order valence-corrected chi connectivity index (χ1v) is 8.64. The molecular weight excluding hydrogens is 312 g/mol. The highest BCUT2D eigenvalue weighted by Crippen LogP contribution is 2.26. The van der Waals surface area contributed by atoms with Crippen LogP contribution < -0.4 is 5.32 Å². The Morgan fingerprint density at radius 3 is 2.85 bits per heavy atom. The lowest BCUT2D eigenvalue weighted by Gasteiger charge is -2.24. The van der Waals surface area contributed by atoms with Crippen LogP contribution in [0.1, 0.15) is 51.2 Å². The molecule has 0 amide bonds. The third kappa shape index (κ3) is 4.31. The number of benzene rings is 1. The van der Waals surface area contributed by atoms with Gasteiger partial charge in [-0.1, -0.05) is 48.8 Å². The molecule has 1 heterocycles. The second kappa shape index (κ2) is 7.58. The highest BCUT2D eigenvalue weighted by molar-refractivity contribution is 9.10. The molecule has 0 aromatic heterocycles. The second-order valence-corrected chi connectivity index (χ2v) is 6.99. The number of nitrogens with zero attached hydrogens (tertiary/aromatic N) is 1. The first-order chi connectivity index (χ1) is 9.60. The summed E-state index contributed by atoms with van der Waals surface area (Å²) in [5, 5.41) is 3.47. The summed E-state index contributed by atoms with van der Waals surface area (Å²) >= 11 is 3.75. The van der Waals surface area contributed by atoms with Gasteiger partial charge in [-0.25, -0.2) is 0 Å². The zero-order chi connectivity index (χ0) is 14.5. The Labute approximate surface area is 132 Å². The van der Waals surface area contributed by atoms with Gasteiger partial charge in [0.05, 0.1) is 0 Å². The molecular formula is C17H27BrN2. The first kappa shape index (κ1) is 16.0. The average molecular weight is 339 g/mol. The van der Waals surface area contributed by atoms with Gasteiger partial charge >= 0.3 is 0 Å². The lowest BCUT2D eigenvalue weighted by molar-refractivity contribution is 0.239. The normalized spacial score (nSPS) is 19.9. The van der Waals surface area contributed by atoms with Crippen LogP contribution in [0.5, 0.6) is 0 Å². The van der Waals surface area contributed by atoms with Gasteiger partial charge in [0.2, 0.25) is 0 Å².